The normalized spacial score (nSPS) is 14.5. The number of amides is 2. The van der Waals surface area contributed by atoms with Crippen molar-refractivity contribution in [1.82, 2.24) is 15.2 Å². The van der Waals surface area contributed by atoms with Crippen LogP contribution in [-0.2, 0) is 11.2 Å². The molecule has 7 nitrogen and oxygen atoms in total. The van der Waals surface area contributed by atoms with Crippen LogP contribution in [0.5, 0.6) is 11.6 Å². The second-order valence-corrected chi connectivity index (χ2v) is 6.68. The SMILES string of the molecule is CCc1cccc(Oc2ccc(NC(=O)NCCCN3CCOCC3)cn2)c1. The van der Waals surface area contributed by atoms with E-state index in [1.54, 1.807) is 18.3 Å². The number of ether oxygens (including phenoxy) is 2. The summed E-state index contributed by atoms with van der Waals surface area (Å²) in [5, 5.41) is 5.66. The third kappa shape index (κ3) is 6.51. The predicted octanol–water partition coefficient (Wildman–Crippen LogP) is 3.28. The summed E-state index contributed by atoms with van der Waals surface area (Å²) in [6.07, 6.45) is 3.45. The maximum atomic E-state index is 12.0. The summed E-state index contributed by atoms with van der Waals surface area (Å²) in [5.41, 5.74) is 1.83. The van der Waals surface area contributed by atoms with Gasteiger partial charge in [0.15, 0.2) is 0 Å². The van der Waals surface area contributed by atoms with Crippen molar-refractivity contribution in [1.29, 1.82) is 0 Å². The Morgan fingerprint density at radius 2 is 2.11 bits per heavy atom. The number of aromatic nitrogens is 1. The number of nitrogens with one attached hydrogen (secondary N) is 2. The summed E-state index contributed by atoms with van der Waals surface area (Å²) in [4.78, 5) is 18.6. The summed E-state index contributed by atoms with van der Waals surface area (Å²) in [5.74, 6) is 1.25. The summed E-state index contributed by atoms with van der Waals surface area (Å²) >= 11 is 0. The van der Waals surface area contributed by atoms with E-state index in [9.17, 15) is 4.79 Å². The number of rotatable bonds is 8. The first-order chi connectivity index (χ1) is 13.7. The van der Waals surface area contributed by atoms with Gasteiger partial charge in [0.2, 0.25) is 5.88 Å². The van der Waals surface area contributed by atoms with Gasteiger partial charge < -0.3 is 20.1 Å². The topological polar surface area (TPSA) is 75.7 Å². The zero-order valence-electron chi connectivity index (χ0n) is 16.3. The molecule has 7 heteroatoms. The van der Waals surface area contributed by atoms with Gasteiger partial charge in [-0.1, -0.05) is 19.1 Å². The first-order valence-electron chi connectivity index (χ1n) is 9.81. The van der Waals surface area contributed by atoms with Crippen LogP contribution >= 0.6 is 0 Å². The minimum atomic E-state index is -0.229. The molecule has 1 aromatic carbocycles. The number of aryl methyl sites for hydroxylation is 1. The lowest BCUT2D eigenvalue weighted by Crippen LogP contribution is -2.38. The number of hydrogen-bond acceptors (Lipinski definition) is 5. The lowest BCUT2D eigenvalue weighted by atomic mass is 10.2. The van der Waals surface area contributed by atoms with Gasteiger partial charge in [0.1, 0.15) is 5.75 Å². The monoisotopic (exact) mass is 384 g/mol. The zero-order chi connectivity index (χ0) is 19.6. The molecule has 2 N–H and O–H groups in total. The summed E-state index contributed by atoms with van der Waals surface area (Å²) in [7, 11) is 0. The van der Waals surface area contributed by atoms with Gasteiger partial charge in [-0.25, -0.2) is 9.78 Å². The molecule has 0 saturated carbocycles. The average molecular weight is 384 g/mol. The summed E-state index contributed by atoms with van der Waals surface area (Å²) in [6, 6.07) is 11.2. The fourth-order valence-electron chi connectivity index (χ4n) is 2.97. The predicted molar refractivity (Wildman–Crippen MR) is 109 cm³/mol. The maximum absolute atomic E-state index is 12.0. The molecule has 1 aliphatic heterocycles. The van der Waals surface area contributed by atoms with Crippen molar-refractivity contribution < 1.29 is 14.3 Å². The van der Waals surface area contributed by atoms with Gasteiger partial charge in [0.25, 0.3) is 0 Å². The number of nitrogens with zero attached hydrogens (tertiary/aromatic N) is 2. The van der Waals surface area contributed by atoms with Crippen molar-refractivity contribution >= 4 is 11.7 Å². The van der Waals surface area contributed by atoms with Gasteiger partial charge in [-0.3, -0.25) is 4.90 Å². The molecule has 0 unspecified atom stereocenters. The van der Waals surface area contributed by atoms with Gasteiger partial charge in [0.05, 0.1) is 25.1 Å². The fourth-order valence-corrected chi connectivity index (χ4v) is 2.97. The Morgan fingerprint density at radius 3 is 2.86 bits per heavy atom. The standard InChI is InChI=1S/C21H28N4O3/c1-2-17-5-3-6-19(15-17)28-20-8-7-18(16-23-20)24-21(26)22-9-4-10-25-11-13-27-14-12-25/h3,5-8,15-16H,2,4,9-14H2,1H3,(H2,22,24,26). The Labute approximate surface area is 166 Å². The van der Waals surface area contributed by atoms with Gasteiger partial charge >= 0.3 is 6.03 Å². The molecule has 0 aliphatic carbocycles. The molecule has 1 aliphatic rings. The number of anilines is 1. The van der Waals surface area contributed by atoms with Crippen LogP contribution in [0.1, 0.15) is 18.9 Å². The third-order valence-electron chi connectivity index (χ3n) is 4.56. The van der Waals surface area contributed by atoms with Crippen molar-refractivity contribution in [2.45, 2.75) is 19.8 Å². The number of carbonyl (C=O) groups excluding carboxylic acids is 1. The number of urea groups is 1. The van der Waals surface area contributed by atoms with Crippen molar-refractivity contribution in [2.24, 2.45) is 0 Å². The molecule has 2 amide bonds. The molecule has 3 rings (SSSR count). The molecule has 1 saturated heterocycles. The average Bonchev–Trinajstić information content (AvgIpc) is 2.73. The van der Waals surface area contributed by atoms with Gasteiger partial charge in [0, 0.05) is 25.7 Å². The lowest BCUT2D eigenvalue weighted by Gasteiger charge is -2.26. The third-order valence-corrected chi connectivity index (χ3v) is 4.56. The van der Waals surface area contributed by atoms with Gasteiger partial charge in [-0.15, -0.1) is 0 Å². The number of pyridine rings is 1. The maximum Gasteiger partial charge on any atom is 0.319 e. The number of benzene rings is 1. The van der Waals surface area contributed by atoms with Gasteiger partial charge in [-0.2, -0.15) is 0 Å². The first-order valence-corrected chi connectivity index (χ1v) is 9.81. The molecule has 1 aromatic heterocycles. The van der Waals surface area contributed by atoms with E-state index in [-0.39, 0.29) is 6.03 Å². The molecule has 2 aromatic rings. The largest absolute Gasteiger partial charge is 0.439 e. The highest BCUT2D eigenvalue weighted by molar-refractivity contribution is 5.88. The molecule has 0 spiro atoms. The zero-order valence-corrected chi connectivity index (χ0v) is 16.3. The summed E-state index contributed by atoms with van der Waals surface area (Å²) in [6.45, 7) is 7.23. The highest BCUT2D eigenvalue weighted by Crippen LogP contribution is 2.21. The second kappa shape index (κ2) is 10.6. The van der Waals surface area contributed by atoms with Crippen LogP contribution in [0, 0.1) is 0 Å². The molecule has 2 heterocycles. The smallest absolute Gasteiger partial charge is 0.319 e. The lowest BCUT2D eigenvalue weighted by molar-refractivity contribution is 0.0375. The van der Waals surface area contributed by atoms with E-state index in [0.29, 0.717) is 18.1 Å². The Kier molecular flexibility index (Phi) is 7.63. The van der Waals surface area contributed by atoms with Crippen LogP contribution in [0.25, 0.3) is 0 Å². The van der Waals surface area contributed by atoms with E-state index < -0.39 is 0 Å². The quantitative estimate of drug-likeness (QED) is 0.683. The van der Waals surface area contributed by atoms with Gasteiger partial charge in [-0.05, 0) is 43.1 Å². The minimum absolute atomic E-state index is 0.229. The van der Waals surface area contributed by atoms with Crippen molar-refractivity contribution in [3.05, 3.63) is 48.2 Å². The summed E-state index contributed by atoms with van der Waals surface area (Å²) < 4.78 is 11.1. The highest BCUT2D eigenvalue weighted by atomic mass is 16.5. The van der Waals surface area contributed by atoms with E-state index in [2.05, 4.69) is 33.5 Å². The van der Waals surface area contributed by atoms with E-state index >= 15 is 0 Å². The van der Waals surface area contributed by atoms with Crippen LogP contribution in [0.4, 0.5) is 10.5 Å². The van der Waals surface area contributed by atoms with E-state index in [1.165, 1.54) is 5.56 Å². The van der Waals surface area contributed by atoms with Crippen LogP contribution in [-0.4, -0.2) is 55.3 Å². The molecular weight excluding hydrogens is 356 g/mol. The van der Waals surface area contributed by atoms with Crippen LogP contribution in [0.2, 0.25) is 0 Å². The molecule has 0 atom stereocenters. The second-order valence-electron chi connectivity index (χ2n) is 6.68. The molecule has 0 radical (unpaired) electrons. The number of carbonyl (C=O) groups is 1. The highest BCUT2D eigenvalue weighted by Gasteiger charge is 2.09. The first kappa shape index (κ1) is 20.1. The number of hydrogen-bond donors (Lipinski definition) is 2. The Bertz CT molecular complexity index is 746. The molecular formula is C21H28N4O3. The molecule has 28 heavy (non-hydrogen) atoms. The van der Waals surface area contributed by atoms with E-state index in [4.69, 9.17) is 9.47 Å². The Morgan fingerprint density at radius 1 is 1.25 bits per heavy atom. The number of morpholine rings is 1. The van der Waals surface area contributed by atoms with Crippen LogP contribution in [0.3, 0.4) is 0 Å². The van der Waals surface area contributed by atoms with Crippen molar-refractivity contribution in [3.8, 4) is 11.6 Å². The Balaban J connectivity index is 1.38. The fraction of sp³-hybridized carbons (Fsp3) is 0.429. The van der Waals surface area contributed by atoms with Crippen LogP contribution in [0.15, 0.2) is 42.6 Å². The van der Waals surface area contributed by atoms with Crippen molar-refractivity contribution in [3.63, 3.8) is 0 Å². The molecule has 150 valence electrons. The molecule has 0 bridgehead atoms. The van der Waals surface area contributed by atoms with Crippen molar-refractivity contribution in [2.75, 3.05) is 44.7 Å². The van der Waals surface area contributed by atoms with E-state index in [0.717, 1.165) is 51.4 Å². The molecule has 1 fully saturated rings. The van der Waals surface area contributed by atoms with Crippen LogP contribution < -0.4 is 15.4 Å². The minimum Gasteiger partial charge on any atom is -0.439 e. The van der Waals surface area contributed by atoms with E-state index in [1.807, 2.05) is 18.2 Å². The Hall–Kier alpha value is -2.64.